The van der Waals surface area contributed by atoms with Crippen LogP contribution >= 0.6 is 0 Å². The van der Waals surface area contributed by atoms with Crippen LogP contribution in [0.25, 0.3) is 0 Å². The molecule has 1 amide bonds. The van der Waals surface area contributed by atoms with Crippen LogP contribution in [0.15, 0.2) is 17.1 Å². The Morgan fingerprint density at radius 2 is 1.88 bits per heavy atom. The van der Waals surface area contributed by atoms with Gasteiger partial charge in [-0.2, -0.15) is 0 Å². The molecule has 1 unspecified atom stereocenters. The number of piperidine rings is 1. The third-order valence-corrected chi connectivity index (χ3v) is 5.54. The number of carbonyl (C=O) groups is 1. The molecule has 0 saturated carbocycles. The molecule has 0 aromatic rings. The first-order valence-corrected chi connectivity index (χ1v) is 9.91. The number of allylic oxidation sites excluding steroid dienone is 1. The van der Waals surface area contributed by atoms with Crippen molar-refractivity contribution in [3.05, 3.63) is 12.2 Å². The lowest BCUT2D eigenvalue weighted by Crippen LogP contribution is -2.48. The third-order valence-electron chi connectivity index (χ3n) is 5.54. The largest absolute Gasteiger partial charge is 0.343 e. The van der Waals surface area contributed by atoms with Crippen molar-refractivity contribution in [3.63, 3.8) is 0 Å². The minimum Gasteiger partial charge on any atom is -0.343 e. The van der Waals surface area contributed by atoms with Gasteiger partial charge >= 0.3 is 0 Å². The summed E-state index contributed by atoms with van der Waals surface area (Å²) in [4.78, 5) is 21.7. The van der Waals surface area contributed by atoms with Gasteiger partial charge in [-0.1, -0.05) is 20.8 Å². The van der Waals surface area contributed by atoms with Crippen LogP contribution in [-0.4, -0.2) is 53.8 Å². The summed E-state index contributed by atoms with van der Waals surface area (Å²) in [6.07, 6.45) is 13.6. The second-order valence-corrected chi connectivity index (χ2v) is 7.22. The molecular weight excluding hydrogens is 298 g/mol. The topological polar surface area (TPSA) is 35.9 Å². The van der Waals surface area contributed by atoms with E-state index in [-0.39, 0.29) is 5.66 Å². The summed E-state index contributed by atoms with van der Waals surface area (Å²) in [5, 5.41) is 0. The summed E-state index contributed by atoms with van der Waals surface area (Å²) in [6, 6.07) is 0. The number of hydrogen-bond donors (Lipinski definition) is 0. The minimum atomic E-state index is -0.0835. The van der Waals surface area contributed by atoms with Crippen LogP contribution in [0.5, 0.6) is 0 Å². The Hall–Kier alpha value is -1.16. The highest BCUT2D eigenvalue weighted by Gasteiger charge is 2.35. The fraction of sp³-hybridized carbons (Fsp3) is 0.800. The summed E-state index contributed by atoms with van der Waals surface area (Å²) >= 11 is 0. The SMILES string of the molecule is CCCN(CCC)C(=O)CCC1CCN(C2(CC)C=CC=N2)CC1. The zero-order chi connectivity index (χ0) is 17.4. The molecule has 0 N–H and O–H groups in total. The number of nitrogens with zero attached hydrogens (tertiary/aromatic N) is 3. The van der Waals surface area contributed by atoms with E-state index in [0.717, 1.165) is 58.3 Å². The average molecular weight is 334 g/mol. The van der Waals surface area contributed by atoms with Crippen molar-refractivity contribution in [2.24, 2.45) is 10.9 Å². The molecule has 4 heteroatoms. The number of likely N-dealkylation sites (tertiary alicyclic amines) is 1. The van der Waals surface area contributed by atoms with Crippen molar-refractivity contribution in [2.45, 2.75) is 71.4 Å². The molecule has 0 aromatic carbocycles. The lowest BCUT2D eigenvalue weighted by Gasteiger charge is -2.41. The Morgan fingerprint density at radius 3 is 2.38 bits per heavy atom. The molecule has 1 saturated heterocycles. The van der Waals surface area contributed by atoms with Crippen molar-refractivity contribution in [2.75, 3.05) is 26.2 Å². The van der Waals surface area contributed by atoms with E-state index in [4.69, 9.17) is 4.99 Å². The molecule has 2 rings (SSSR count). The summed E-state index contributed by atoms with van der Waals surface area (Å²) in [7, 11) is 0. The molecule has 0 aromatic heterocycles. The van der Waals surface area contributed by atoms with Gasteiger partial charge in [0.2, 0.25) is 5.91 Å². The molecular formula is C20H35N3O. The van der Waals surface area contributed by atoms with Crippen LogP contribution in [0.3, 0.4) is 0 Å². The molecule has 1 fully saturated rings. The molecule has 0 aliphatic carbocycles. The van der Waals surface area contributed by atoms with Gasteiger partial charge in [-0.25, -0.2) is 0 Å². The molecule has 2 aliphatic heterocycles. The van der Waals surface area contributed by atoms with Gasteiger partial charge in [0.15, 0.2) is 0 Å². The number of amides is 1. The van der Waals surface area contributed by atoms with Crippen molar-refractivity contribution in [1.29, 1.82) is 0 Å². The van der Waals surface area contributed by atoms with Gasteiger partial charge in [0.25, 0.3) is 0 Å². The van der Waals surface area contributed by atoms with Gasteiger partial charge in [0.1, 0.15) is 5.66 Å². The molecule has 1 atom stereocenters. The molecule has 2 aliphatic rings. The van der Waals surface area contributed by atoms with Crippen molar-refractivity contribution >= 4 is 12.1 Å². The van der Waals surface area contributed by atoms with E-state index < -0.39 is 0 Å². The molecule has 136 valence electrons. The highest BCUT2D eigenvalue weighted by Crippen LogP contribution is 2.32. The van der Waals surface area contributed by atoms with Crippen molar-refractivity contribution in [3.8, 4) is 0 Å². The normalized spacial score (nSPS) is 24.6. The Bertz CT molecular complexity index is 432. The number of rotatable bonds is 9. The lowest BCUT2D eigenvalue weighted by atomic mass is 9.90. The van der Waals surface area contributed by atoms with Gasteiger partial charge in [0, 0.05) is 38.8 Å². The van der Waals surface area contributed by atoms with Gasteiger partial charge in [-0.05, 0) is 56.6 Å². The molecule has 0 radical (unpaired) electrons. The van der Waals surface area contributed by atoms with Crippen LogP contribution in [0.1, 0.15) is 65.7 Å². The standard InChI is InChI=1S/C20H35N3O/c1-4-14-22(15-5-2)19(24)9-8-18-10-16-23(17-11-18)20(6-3)12-7-13-21-20/h7,12-13,18H,4-6,8-11,14-17H2,1-3H3. The van der Waals surface area contributed by atoms with Gasteiger partial charge in [-0.3, -0.25) is 14.7 Å². The maximum atomic E-state index is 12.4. The quantitative estimate of drug-likeness (QED) is 0.642. The average Bonchev–Trinajstić information content (AvgIpc) is 3.10. The predicted molar refractivity (Wildman–Crippen MR) is 101 cm³/mol. The van der Waals surface area contributed by atoms with Crippen LogP contribution in [0.4, 0.5) is 0 Å². The number of aliphatic imine (C=N–C) groups is 1. The second-order valence-electron chi connectivity index (χ2n) is 7.22. The fourth-order valence-electron chi connectivity index (χ4n) is 4.03. The Kier molecular flexibility index (Phi) is 7.47. The van der Waals surface area contributed by atoms with E-state index >= 15 is 0 Å². The first-order valence-electron chi connectivity index (χ1n) is 9.91. The zero-order valence-corrected chi connectivity index (χ0v) is 15.8. The van der Waals surface area contributed by atoms with E-state index in [1.165, 1.54) is 12.8 Å². The second kappa shape index (κ2) is 9.36. The lowest BCUT2D eigenvalue weighted by molar-refractivity contribution is -0.131. The summed E-state index contributed by atoms with van der Waals surface area (Å²) < 4.78 is 0. The molecule has 4 nitrogen and oxygen atoms in total. The monoisotopic (exact) mass is 333 g/mol. The van der Waals surface area contributed by atoms with Crippen LogP contribution in [0.2, 0.25) is 0 Å². The molecule has 0 bridgehead atoms. The van der Waals surface area contributed by atoms with E-state index in [9.17, 15) is 4.79 Å². The van der Waals surface area contributed by atoms with Gasteiger partial charge in [0.05, 0.1) is 0 Å². The predicted octanol–water partition coefficient (Wildman–Crippen LogP) is 3.87. The summed E-state index contributed by atoms with van der Waals surface area (Å²) in [5.74, 6) is 1.05. The van der Waals surface area contributed by atoms with E-state index in [1.807, 2.05) is 6.21 Å². The highest BCUT2D eigenvalue weighted by atomic mass is 16.2. The number of hydrogen-bond acceptors (Lipinski definition) is 3. The van der Waals surface area contributed by atoms with Gasteiger partial charge < -0.3 is 4.90 Å². The fourth-order valence-corrected chi connectivity index (χ4v) is 4.03. The maximum absolute atomic E-state index is 12.4. The molecule has 24 heavy (non-hydrogen) atoms. The van der Waals surface area contributed by atoms with Crippen LogP contribution < -0.4 is 0 Å². The third kappa shape index (κ3) is 4.69. The molecule has 2 heterocycles. The van der Waals surface area contributed by atoms with Crippen LogP contribution in [0, 0.1) is 5.92 Å². The summed E-state index contributed by atoms with van der Waals surface area (Å²) in [6.45, 7) is 10.5. The molecule has 0 spiro atoms. The zero-order valence-electron chi connectivity index (χ0n) is 15.8. The van der Waals surface area contributed by atoms with Gasteiger partial charge in [-0.15, -0.1) is 0 Å². The van der Waals surface area contributed by atoms with E-state index in [2.05, 4.69) is 42.7 Å². The minimum absolute atomic E-state index is 0.0835. The summed E-state index contributed by atoms with van der Waals surface area (Å²) in [5.41, 5.74) is -0.0835. The Labute approximate surface area is 148 Å². The first kappa shape index (κ1) is 19.2. The Morgan fingerprint density at radius 1 is 1.21 bits per heavy atom. The Balaban J connectivity index is 1.76. The first-order chi connectivity index (χ1) is 11.6. The maximum Gasteiger partial charge on any atom is 0.222 e. The van der Waals surface area contributed by atoms with Crippen molar-refractivity contribution in [1.82, 2.24) is 9.80 Å². The van der Waals surface area contributed by atoms with Crippen LogP contribution in [-0.2, 0) is 4.79 Å². The highest BCUT2D eigenvalue weighted by molar-refractivity contribution is 5.76. The van der Waals surface area contributed by atoms with Crippen molar-refractivity contribution < 1.29 is 4.79 Å². The van der Waals surface area contributed by atoms with E-state index in [0.29, 0.717) is 11.8 Å². The number of carbonyl (C=O) groups excluding carboxylic acids is 1. The van der Waals surface area contributed by atoms with E-state index in [1.54, 1.807) is 0 Å². The smallest absolute Gasteiger partial charge is 0.222 e.